The van der Waals surface area contributed by atoms with Crippen molar-refractivity contribution in [2.24, 2.45) is 0 Å². The minimum absolute atomic E-state index is 0.119. The van der Waals surface area contributed by atoms with Crippen molar-refractivity contribution in [1.29, 1.82) is 0 Å². The first-order chi connectivity index (χ1) is 8.94. The quantitative estimate of drug-likeness (QED) is 0.811. The summed E-state index contributed by atoms with van der Waals surface area (Å²) >= 11 is 0. The third kappa shape index (κ3) is 4.09. The van der Waals surface area contributed by atoms with Crippen molar-refractivity contribution in [2.75, 3.05) is 27.9 Å². The van der Waals surface area contributed by atoms with Gasteiger partial charge in [0.15, 0.2) is 11.5 Å². The lowest BCUT2D eigenvalue weighted by Crippen LogP contribution is -2.35. The number of benzene rings is 1. The van der Waals surface area contributed by atoms with Crippen LogP contribution in [0.25, 0.3) is 0 Å². The molecule has 0 saturated heterocycles. The van der Waals surface area contributed by atoms with Crippen LogP contribution < -0.4 is 14.2 Å². The fourth-order valence-electron chi connectivity index (χ4n) is 1.60. The molecular formula is C12H19NO5S. The molecule has 0 bridgehead atoms. The summed E-state index contributed by atoms with van der Waals surface area (Å²) in [5, 5.41) is 0. The molecule has 108 valence electrons. The molecule has 0 spiro atoms. The maximum atomic E-state index is 12.1. The van der Waals surface area contributed by atoms with Gasteiger partial charge in [-0.2, -0.15) is 0 Å². The van der Waals surface area contributed by atoms with Gasteiger partial charge in [0.25, 0.3) is 0 Å². The highest BCUT2D eigenvalue weighted by Crippen LogP contribution is 2.29. The smallest absolute Gasteiger partial charge is 0.241 e. The summed E-state index contributed by atoms with van der Waals surface area (Å²) in [6.07, 6.45) is 0. The van der Waals surface area contributed by atoms with Gasteiger partial charge >= 0.3 is 0 Å². The summed E-state index contributed by atoms with van der Waals surface area (Å²) in [6.45, 7) is 2.02. The van der Waals surface area contributed by atoms with E-state index in [0.29, 0.717) is 18.1 Å². The summed E-state index contributed by atoms with van der Waals surface area (Å²) in [5.41, 5.74) is 0. The van der Waals surface area contributed by atoms with Gasteiger partial charge in [-0.3, -0.25) is 0 Å². The second kappa shape index (κ2) is 6.74. The Kier molecular flexibility index (Phi) is 5.59. The number of hydrogen-bond acceptors (Lipinski definition) is 5. The predicted octanol–water partition coefficient (Wildman–Crippen LogP) is 1.02. The zero-order chi connectivity index (χ0) is 14.5. The van der Waals surface area contributed by atoms with Crippen molar-refractivity contribution in [1.82, 2.24) is 4.72 Å². The van der Waals surface area contributed by atoms with Gasteiger partial charge in [0, 0.05) is 19.2 Å². The van der Waals surface area contributed by atoms with Gasteiger partial charge in [0.2, 0.25) is 10.0 Å². The van der Waals surface area contributed by atoms with E-state index in [1.807, 2.05) is 0 Å². The summed E-state index contributed by atoms with van der Waals surface area (Å²) in [5.74, 6) is 0.844. The molecule has 1 atom stereocenters. The Morgan fingerprint density at radius 2 is 1.79 bits per heavy atom. The third-order valence-electron chi connectivity index (χ3n) is 2.44. The van der Waals surface area contributed by atoms with Gasteiger partial charge in [0.05, 0.1) is 25.7 Å². The Balaban J connectivity index is 3.01. The highest BCUT2D eigenvalue weighted by Gasteiger charge is 2.19. The Labute approximate surface area is 113 Å². The minimum atomic E-state index is -3.60. The molecule has 0 radical (unpaired) electrons. The molecule has 0 aliphatic carbocycles. The molecule has 1 aromatic rings. The highest BCUT2D eigenvalue weighted by atomic mass is 32.2. The maximum Gasteiger partial charge on any atom is 0.241 e. The molecule has 1 rings (SSSR count). The lowest BCUT2D eigenvalue weighted by molar-refractivity contribution is 0.180. The van der Waals surface area contributed by atoms with E-state index in [-0.39, 0.29) is 10.9 Å². The molecule has 0 aromatic heterocycles. The van der Waals surface area contributed by atoms with Crippen LogP contribution in [0.5, 0.6) is 11.5 Å². The van der Waals surface area contributed by atoms with Crippen molar-refractivity contribution in [2.45, 2.75) is 17.9 Å². The SMILES string of the molecule is COC[C@H](C)NS(=O)(=O)c1ccc(OC)c(OC)c1. The van der Waals surface area contributed by atoms with Crippen LogP contribution in [0.2, 0.25) is 0 Å². The molecule has 7 heteroatoms. The van der Waals surface area contributed by atoms with Gasteiger partial charge in [-0.15, -0.1) is 0 Å². The molecule has 0 fully saturated rings. The van der Waals surface area contributed by atoms with Crippen LogP contribution in [0.3, 0.4) is 0 Å². The van der Waals surface area contributed by atoms with Crippen LogP contribution in [0.4, 0.5) is 0 Å². The van der Waals surface area contributed by atoms with Crippen molar-refractivity contribution < 1.29 is 22.6 Å². The summed E-state index contributed by atoms with van der Waals surface area (Å²) in [6, 6.07) is 4.11. The van der Waals surface area contributed by atoms with E-state index in [0.717, 1.165) is 0 Å². The number of nitrogens with one attached hydrogen (secondary N) is 1. The second-order valence-corrected chi connectivity index (χ2v) is 5.71. The number of methoxy groups -OCH3 is 3. The zero-order valence-corrected chi connectivity index (χ0v) is 12.3. The van der Waals surface area contributed by atoms with Gasteiger partial charge in [-0.05, 0) is 19.1 Å². The Bertz CT molecular complexity index is 515. The van der Waals surface area contributed by atoms with Gasteiger partial charge < -0.3 is 14.2 Å². The molecular weight excluding hydrogens is 270 g/mol. The van der Waals surface area contributed by atoms with E-state index < -0.39 is 10.0 Å². The first kappa shape index (κ1) is 15.7. The van der Waals surface area contributed by atoms with Crippen LogP contribution in [0.15, 0.2) is 23.1 Å². The Morgan fingerprint density at radius 3 is 2.32 bits per heavy atom. The maximum absolute atomic E-state index is 12.1. The first-order valence-corrected chi connectivity index (χ1v) is 7.16. The summed E-state index contributed by atoms with van der Waals surface area (Å²) in [4.78, 5) is 0.119. The Hall–Kier alpha value is -1.31. The molecule has 0 heterocycles. The van der Waals surface area contributed by atoms with E-state index in [2.05, 4.69) is 4.72 Å². The molecule has 19 heavy (non-hydrogen) atoms. The summed E-state index contributed by atoms with van der Waals surface area (Å²) in [7, 11) is 0.855. The van der Waals surface area contributed by atoms with Crippen molar-refractivity contribution in [3.63, 3.8) is 0 Å². The summed E-state index contributed by atoms with van der Waals surface area (Å²) < 4.78 is 41.8. The number of hydrogen-bond donors (Lipinski definition) is 1. The molecule has 0 amide bonds. The highest BCUT2D eigenvalue weighted by molar-refractivity contribution is 7.89. The molecule has 0 aliphatic heterocycles. The largest absolute Gasteiger partial charge is 0.493 e. The van der Waals surface area contributed by atoms with Crippen molar-refractivity contribution in [3.05, 3.63) is 18.2 Å². The molecule has 1 aromatic carbocycles. The van der Waals surface area contributed by atoms with Gasteiger partial charge in [-0.1, -0.05) is 0 Å². The first-order valence-electron chi connectivity index (χ1n) is 5.68. The van der Waals surface area contributed by atoms with Crippen LogP contribution in [0.1, 0.15) is 6.92 Å². The third-order valence-corrected chi connectivity index (χ3v) is 4.03. The topological polar surface area (TPSA) is 73.9 Å². The second-order valence-electron chi connectivity index (χ2n) is 3.99. The number of sulfonamides is 1. The molecule has 0 unspecified atom stereocenters. The van der Waals surface area contributed by atoms with Gasteiger partial charge in [0.1, 0.15) is 0 Å². The molecule has 0 saturated carbocycles. The minimum Gasteiger partial charge on any atom is -0.493 e. The lowest BCUT2D eigenvalue weighted by Gasteiger charge is -2.14. The van der Waals surface area contributed by atoms with E-state index in [4.69, 9.17) is 14.2 Å². The Morgan fingerprint density at radius 1 is 1.16 bits per heavy atom. The molecule has 6 nitrogen and oxygen atoms in total. The average molecular weight is 289 g/mol. The normalized spacial score (nSPS) is 13.1. The van der Waals surface area contributed by atoms with E-state index >= 15 is 0 Å². The van der Waals surface area contributed by atoms with Crippen molar-refractivity contribution >= 4 is 10.0 Å². The van der Waals surface area contributed by atoms with Crippen LogP contribution in [-0.2, 0) is 14.8 Å². The monoisotopic (exact) mass is 289 g/mol. The van der Waals surface area contributed by atoms with Crippen molar-refractivity contribution in [3.8, 4) is 11.5 Å². The number of ether oxygens (including phenoxy) is 3. The van der Waals surface area contributed by atoms with E-state index in [1.54, 1.807) is 13.0 Å². The fourth-order valence-corrected chi connectivity index (χ4v) is 2.84. The molecule has 1 N–H and O–H groups in total. The van der Waals surface area contributed by atoms with Gasteiger partial charge in [-0.25, -0.2) is 13.1 Å². The standard InChI is InChI=1S/C12H19NO5S/c1-9(8-16-2)13-19(14,15)10-5-6-11(17-3)12(7-10)18-4/h5-7,9,13H,8H2,1-4H3/t9-/m0/s1. The fraction of sp³-hybridized carbons (Fsp3) is 0.500. The van der Waals surface area contributed by atoms with Crippen LogP contribution in [-0.4, -0.2) is 42.4 Å². The number of rotatable bonds is 7. The zero-order valence-electron chi connectivity index (χ0n) is 11.5. The van der Waals surface area contributed by atoms with E-state index in [9.17, 15) is 8.42 Å². The molecule has 0 aliphatic rings. The van der Waals surface area contributed by atoms with E-state index in [1.165, 1.54) is 33.5 Å². The lowest BCUT2D eigenvalue weighted by atomic mass is 10.3. The average Bonchev–Trinajstić information content (AvgIpc) is 2.37. The van der Waals surface area contributed by atoms with Crippen LogP contribution >= 0.6 is 0 Å². The van der Waals surface area contributed by atoms with Crippen LogP contribution in [0, 0.1) is 0 Å². The predicted molar refractivity (Wildman–Crippen MR) is 71.2 cm³/mol.